The molecule has 0 amide bonds. The molecular formula is C26H32F3N3OS. The molecule has 2 N–H and O–H groups in total. The van der Waals surface area contributed by atoms with Crippen molar-refractivity contribution in [1.29, 1.82) is 0 Å². The second-order valence-corrected chi connectivity index (χ2v) is 9.60. The predicted octanol–water partition coefficient (Wildman–Crippen LogP) is 7.45. The predicted molar refractivity (Wildman–Crippen MR) is 131 cm³/mol. The number of benzene rings is 2. The maximum absolute atomic E-state index is 13.8. The van der Waals surface area contributed by atoms with Crippen LogP contribution < -0.4 is 10.5 Å². The van der Waals surface area contributed by atoms with Crippen LogP contribution in [0.15, 0.2) is 48.5 Å². The van der Waals surface area contributed by atoms with Crippen LogP contribution in [0.2, 0.25) is 0 Å². The molecule has 0 spiro atoms. The summed E-state index contributed by atoms with van der Waals surface area (Å²) in [7, 11) is 0. The van der Waals surface area contributed by atoms with Gasteiger partial charge in [0.2, 0.25) is 0 Å². The van der Waals surface area contributed by atoms with Crippen molar-refractivity contribution < 1.29 is 17.9 Å². The van der Waals surface area contributed by atoms with Gasteiger partial charge >= 0.3 is 6.18 Å². The average Bonchev–Trinajstić information content (AvgIpc) is 3.31. The normalized spacial score (nSPS) is 13.6. The summed E-state index contributed by atoms with van der Waals surface area (Å²) in [5.74, 6) is 0.0670. The molecule has 0 radical (unpaired) electrons. The zero-order valence-electron chi connectivity index (χ0n) is 19.6. The Balaban J connectivity index is 1.62. The molecule has 2 aromatic carbocycles. The highest BCUT2D eigenvalue weighted by atomic mass is 32.1. The van der Waals surface area contributed by atoms with Crippen LogP contribution in [0, 0.1) is 5.92 Å². The van der Waals surface area contributed by atoms with Gasteiger partial charge in [-0.05, 0) is 61.8 Å². The Kier molecular flexibility index (Phi) is 9.47. The molecule has 184 valence electrons. The first-order valence-electron chi connectivity index (χ1n) is 11.8. The Morgan fingerprint density at radius 2 is 1.79 bits per heavy atom. The van der Waals surface area contributed by atoms with Crippen LogP contribution >= 0.6 is 11.3 Å². The Morgan fingerprint density at radius 1 is 1.03 bits per heavy atom. The molecule has 1 aromatic heterocycles. The third-order valence-electron chi connectivity index (χ3n) is 5.82. The minimum Gasteiger partial charge on any atom is -0.493 e. The van der Waals surface area contributed by atoms with Gasteiger partial charge in [0.25, 0.3) is 0 Å². The van der Waals surface area contributed by atoms with Crippen molar-refractivity contribution in [3.05, 3.63) is 64.7 Å². The first-order chi connectivity index (χ1) is 16.3. The monoisotopic (exact) mass is 491 g/mol. The van der Waals surface area contributed by atoms with E-state index in [1.165, 1.54) is 23.0 Å². The lowest BCUT2D eigenvalue weighted by Gasteiger charge is -2.16. The summed E-state index contributed by atoms with van der Waals surface area (Å²) in [6.45, 7) is 4.37. The average molecular weight is 492 g/mol. The van der Waals surface area contributed by atoms with E-state index in [2.05, 4.69) is 29.3 Å². The zero-order valence-corrected chi connectivity index (χ0v) is 20.5. The highest BCUT2D eigenvalue weighted by Gasteiger charge is 2.35. The third-order valence-corrected chi connectivity index (χ3v) is 6.90. The van der Waals surface area contributed by atoms with E-state index >= 15 is 0 Å². The molecule has 0 saturated carbocycles. The van der Waals surface area contributed by atoms with Gasteiger partial charge in [0.1, 0.15) is 15.8 Å². The molecule has 0 aliphatic rings. The molecule has 1 heterocycles. The third kappa shape index (κ3) is 7.27. The van der Waals surface area contributed by atoms with Crippen LogP contribution in [-0.2, 0) is 12.6 Å². The number of hydrogen-bond acceptors (Lipinski definition) is 5. The Bertz CT molecular complexity index is 1020. The van der Waals surface area contributed by atoms with E-state index < -0.39 is 11.7 Å². The summed E-state index contributed by atoms with van der Waals surface area (Å²) >= 11 is 1.24. The van der Waals surface area contributed by atoms with E-state index in [0.29, 0.717) is 22.0 Å². The van der Waals surface area contributed by atoms with Crippen LogP contribution in [-0.4, -0.2) is 16.8 Å². The lowest BCUT2D eigenvalue weighted by atomic mass is 9.98. The van der Waals surface area contributed by atoms with Crippen LogP contribution in [0.25, 0.3) is 10.6 Å². The Hall–Kier alpha value is -2.45. The number of nitrogens with zero attached hydrogens (tertiary/aromatic N) is 2. The van der Waals surface area contributed by atoms with Gasteiger partial charge < -0.3 is 10.5 Å². The van der Waals surface area contributed by atoms with Crippen LogP contribution in [0.5, 0.6) is 5.75 Å². The van der Waals surface area contributed by atoms with Crippen LogP contribution in [0.4, 0.5) is 13.2 Å². The zero-order chi connectivity index (χ0) is 24.6. The topological polar surface area (TPSA) is 61.0 Å². The molecule has 0 saturated heterocycles. The number of halogens is 3. The van der Waals surface area contributed by atoms with Gasteiger partial charge in [0.05, 0.1) is 18.2 Å². The van der Waals surface area contributed by atoms with E-state index in [9.17, 15) is 13.2 Å². The van der Waals surface area contributed by atoms with Crippen molar-refractivity contribution in [2.45, 2.75) is 64.6 Å². The van der Waals surface area contributed by atoms with Gasteiger partial charge in [-0.25, -0.2) is 0 Å². The highest BCUT2D eigenvalue weighted by molar-refractivity contribution is 7.14. The van der Waals surface area contributed by atoms with Gasteiger partial charge in [0.15, 0.2) is 0 Å². The number of aromatic nitrogens is 2. The van der Waals surface area contributed by atoms with E-state index in [1.807, 2.05) is 25.1 Å². The quantitative estimate of drug-likeness (QED) is 0.267. The molecule has 3 aromatic rings. The fourth-order valence-electron chi connectivity index (χ4n) is 3.81. The maximum atomic E-state index is 13.8. The van der Waals surface area contributed by atoms with E-state index in [0.717, 1.165) is 38.2 Å². The number of rotatable bonds is 12. The van der Waals surface area contributed by atoms with Crippen molar-refractivity contribution >= 4 is 11.3 Å². The summed E-state index contributed by atoms with van der Waals surface area (Å²) < 4.78 is 46.8. The van der Waals surface area contributed by atoms with Crippen molar-refractivity contribution in [3.63, 3.8) is 0 Å². The summed E-state index contributed by atoms with van der Waals surface area (Å²) in [5.41, 5.74) is 7.10. The number of aryl methyl sites for hydroxylation is 1. The highest BCUT2D eigenvalue weighted by Crippen LogP contribution is 2.40. The molecular weight excluding hydrogens is 459 g/mol. The SMILES string of the molecule is CCCC(C)C(N)c1nnc(-c2ccc(OCCCCCc3ccccc3)c(C(F)(F)F)c2)s1. The van der Waals surface area contributed by atoms with E-state index in [1.54, 1.807) is 6.07 Å². The lowest BCUT2D eigenvalue weighted by molar-refractivity contribution is -0.138. The van der Waals surface area contributed by atoms with Crippen molar-refractivity contribution in [3.8, 4) is 16.3 Å². The van der Waals surface area contributed by atoms with Gasteiger partial charge in [0, 0.05) is 5.56 Å². The van der Waals surface area contributed by atoms with Crippen molar-refractivity contribution in [1.82, 2.24) is 10.2 Å². The molecule has 0 aliphatic carbocycles. The largest absolute Gasteiger partial charge is 0.493 e. The molecule has 0 fully saturated rings. The lowest BCUT2D eigenvalue weighted by Crippen LogP contribution is -2.18. The van der Waals surface area contributed by atoms with Gasteiger partial charge in [-0.2, -0.15) is 13.2 Å². The van der Waals surface area contributed by atoms with Gasteiger partial charge in [-0.3, -0.25) is 0 Å². The smallest absolute Gasteiger partial charge is 0.419 e. The molecule has 2 atom stereocenters. The minimum absolute atomic E-state index is 0.155. The van der Waals surface area contributed by atoms with Gasteiger partial charge in [-0.15, -0.1) is 10.2 Å². The molecule has 0 bridgehead atoms. The van der Waals surface area contributed by atoms with E-state index in [-0.39, 0.29) is 24.3 Å². The number of nitrogens with two attached hydrogens (primary N) is 1. The van der Waals surface area contributed by atoms with Crippen LogP contribution in [0.3, 0.4) is 0 Å². The number of ether oxygens (including phenoxy) is 1. The van der Waals surface area contributed by atoms with Crippen molar-refractivity contribution in [2.75, 3.05) is 6.61 Å². The molecule has 2 unspecified atom stereocenters. The first kappa shape index (κ1) is 26.2. The summed E-state index contributed by atoms with van der Waals surface area (Å²) in [4.78, 5) is 0. The Labute approximate surface area is 203 Å². The molecule has 3 rings (SSSR count). The first-order valence-corrected chi connectivity index (χ1v) is 12.6. The number of unbranched alkanes of at least 4 members (excludes halogenated alkanes) is 2. The fraction of sp³-hybridized carbons (Fsp3) is 0.462. The summed E-state index contributed by atoms with van der Waals surface area (Å²) in [5, 5.41) is 9.31. The summed E-state index contributed by atoms with van der Waals surface area (Å²) in [6.07, 6.45) is 0.928. The second kappa shape index (κ2) is 12.3. The van der Waals surface area contributed by atoms with Crippen molar-refractivity contribution in [2.24, 2.45) is 11.7 Å². The standard InChI is InChI=1S/C26H32F3N3OS/c1-3-10-18(2)23(30)25-32-31-24(34-25)20-14-15-22(21(17-20)26(27,28)29)33-16-9-5-8-13-19-11-6-4-7-12-19/h4,6-7,11-12,14-15,17-18,23H,3,5,8-10,13,16,30H2,1-2H3. The number of hydrogen-bond donors (Lipinski definition) is 1. The summed E-state index contributed by atoms with van der Waals surface area (Å²) in [6, 6.07) is 13.9. The Morgan fingerprint density at radius 3 is 2.50 bits per heavy atom. The van der Waals surface area contributed by atoms with Gasteiger partial charge in [-0.1, -0.05) is 61.9 Å². The van der Waals surface area contributed by atoms with E-state index in [4.69, 9.17) is 10.5 Å². The molecule has 0 aliphatic heterocycles. The maximum Gasteiger partial charge on any atom is 0.419 e. The molecule has 8 heteroatoms. The molecule has 4 nitrogen and oxygen atoms in total. The van der Waals surface area contributed by atoms with Crippen LogP contribution in [0.1, 0.15) is 68.1 Å². The number of alkyl halides is 3. The molecule has 34 heavy (non-hydrogen) atoms. The minimum atomic E-state index is -4.53. The fourth-order valence-corrected chi connectivity index (χ4v) is 4.78. The second-order valence-electron chi connectivity index (χ2n) is 8.59.